The zero-order valence-electron chi connectivity index (χ0n) is 14.8. The van der Waals surface area contributed by atoms with Gasteiger partial charge in [-0.15, -0.1) is 11.3 Å². The van der Waals surface area contributed by atoms with Gasteiger partial charge in [-0.2, -0.15) is 0 Å². The summed E-state index contributed by atoms with van der Waals surface area (Å²) in [6.45, 7) is 4.62. The largest absolute Gasteiger partial charge is 0.352 e. The zero-order chi connectivity index (χ0) is 17.9. The number of fused-ring (bicyclic) bond motifs is 1. The lowest BCUT2D eigenvalue weighted by Gasteiger charge is -2.32. The van der Waals surface area contributed by atoms with Gasteiger partial charge in [0, 0.05) is 42.3 Å². The van der Waals surface area contributed by atoms with E-state index in [0.29, 0.717) is 18.0 Å². The van der Waals surface area contributed by atoms with E-state index in [1.165, 1.54) is 0 Å². The summed E-state index contributed by atoms with van der Waals surface area (Å²) in [5, 5.41) is 7.21. The van der Waals surface area contributed by atoms with Gasteiger partial charge in [-0.05, 0) is 37.8 Å². The Labute approximate surface area is 157 Å². The first kappa shape index (κ1) is 17.0. The van der Waals surface area contributed by atoms with Crippen molar-refractivity contribution in [3.63, 3.8) is 0 Å². The van der Waals surface area contributed by atoms with Gasteiger partial charge >= 0.3 is 0 Å². The number of thiazole rings is 1. The van der Waals surface area contributed by atoms with Gasteiger partial charge < -0.3 is 10.2 Å². The fraction of sp³-hybridized carbons (Fsp3) is 0.350. The third-order valence-corrected chi connectivity index (χ3v) is 5.70. The highest BCUT2D eigenvalue weighted by molar-refractivity contribution is 7.13. The average molecular weight is 366 g/mol. The molecule has 0 unspecified atom stereocenters. The maximum absolute atomic E-state index is 12.7. The van der Waals surface area contributed by atoms with Gasteiger partial charge in [-0.3, -0.25) is 9.78 Å². The number of nitrogens with zero attached hydrogens (tertiary/aromatic N) is 3. The number of carbonyl (C=O) groups is 1. The number of aromatic nitrogens is 2. The van der Waals surface area contributed by atoms with Crippen molar-refractivity contribution in [2.24, 2.45) is 5.92 Å². The number of hydrogen-bond acceptors (Lipinski definition) is 5. The Morgan fingerprint density at radius 3 is 3.12 bits per heavy atom. The molecule has 1 atom stereocenters. The summed E-state index contributed by atoms with van der Waals surface area (Å²) in [7, 11) is 0. The lowest BCUT2D eigenvalue weighted by molar-refractivity contribution is 0.0947. The molecule has 0 aliphatic carbocycles. The van der Waals surface area contributed by atoms with E-state index >= 15 is 0 Å². The maximum atomic E-state index is 12.7. The molecule has 3 heterocycles. The molecule has 0 bridgehead atoms. The van der Waals surface area contributed by atoms with Crippen molar-refractivity contribution in [3.05, 3.63) is 53.2 Å². The number of para-hydroxylation sites is 1. The van der Waals surface area contributed by atoms with Crippen molar-refractivity contribution in [1.29, 1.82) is 0 Å². The second-order valence-corrected chi connectivity index (χ2v) is 7.68. The Balaban J connectivity index is 1.43. The summed E-state index contributed by atoms with van der Waals surface area (Å²) in [5.74, 6) is 0.404. The first-order valence-corrected chi connectivity index (χ1v) is 9.88. The predicted octanol–water partition coefficient (Wildman–Crippen LogP) is 3.65. The van der Waals surface area contributed by atoms with Gasteiger partial charge in [0.05, 0.1) is 11.1 Å². The molecule has 3 aromatic rings. The molecule has 0 spiro atoms. The molecule has 2 aromatic heterocycles. The Bertz CT molecular complexity index is 909. The van der Waals surface area contributed by atoms with Crippen LogP contribution in [0.4, 0.5) is 5.13 Å². The summed E-state index contributed by atoms with van der Waals surface area (Å²) in [6, 6.07) is 9.75. The van der Waals surface area contributed by atoms with Crippen LogP contribution >= 0.6 is 11.3 Å². The van der Waals surface area contributed by atoms with E-state index in [-0.39, 0.29) is 5.91 Å². The molecule has 1 amide bonds. The van der Waals surface area contributed by atoms with Crippen molar-refractivity contribution in [2.75, 3.05) is 24.5 Å². The van der Waals surface area contributed by atoms with Crippen molar-refractivity contribution < 1.29 is 4.79 Å². The molecule has 1 aliphatic heterocycles. The molecule has 6 heteroatoms. The van der Waals surface area contributed by atoms with Crippen molar-refractivity contribution in [3.8, 4) is 0 Å². The summed E-state index contributed by atoms with van der Waals surface area (Å²) < 4.78 is 0. The number of anilines is 1. The highest BCUT2D eigenvalue weighted by atomic mass is 32.1. The number of aryl methyl sites for hydroxylation is 1. The van der Waals surface area contributed by atoms with Crippen LogP contribution < -0.4 is 10.2 Å². The summed E-state index contributed by atoms with van der Waals surface area (Å²) in [4.78, 5) is 24.0. The molecule has 134 valence electrons. The third-order valence-electron chi connectivity index (χ3n) is 4.86. The molecule has 1 saturated heterocycles. The number of pyridine rings is 1. The second-order valence-electron chi connectivity index (χ2n) is 6.81. The molecule has 0 saturated carbocycles. The van der Waals surface area contributed by atoms with Crippen LogP contribution in [0.2, 0.25) is 0 Å². The van der Waals surface area contributed by atoms with Gasteiger partial charge in [0.25, 0.3) is 5.91 Å². The zero-order valence-corrected chi connectivity index (χ0v) is 15.6. The van der Waals surface area contributed by atoms with Crippen LogP contribution in [0.5, 0.6) is 0 Å². The van der Waals surface area contributed by atoms with Gasteiger partial charge in [0.15, 0.2) is 5.13 Å². The molecule has 1 aliphatic rings. The van der Waals surface area contributed by atoms with Crippen LogP contribution in [0.25, 0.3) is 10.9 Å². The van der Waals surface area contributed by atoms with E-state index in [1.807, 2.05) is 48.8 Å². The smallest absolute Gasteiger partial charge is 0.253 e. The molecule has 5 nitrogen and oxygen atoms in total. The molecule has 26 heavy (non-hydrogen) atoms. The summed E-state index contributed by atoms with van der Waals surface area (Å²) >= 11 is 1.67. The second kappa shape index (κ2) is 7.41. The quantitative estimate of drug-likeness (QED) is 0.766. The minimum atomic E-state index is -0.0416. The first-order chi connectivity index (χ1) is 12.7. The number of amides is 1. The lowest BCUT2D eigenvalue weighted by Crippen LogP contribution is -2.41. The van der Waals surface area contributed by atoms with Crippen LogP contribution in [0, 0.1) is 12.8 Å². The van der Waals surface area contributed by atoms with Gasteiger partial charge in [0.1, 0.15) is 0 Å². The minimum absolute atomic E-state index is 0.0416. The highest BCUT2D eigenvalue weighted by Crippen LogP contribution is 2.24. The molecular weight excluding hydrogens is 344 g/mol. The monoisotopic (exact) mass is 366 g/mol. The van der Waals surface area contributed by atoms with E-state index in [2.05, 4.69) is 20.2 Å². The molecule has 4 rings (SSSR count). The van der Waals surface area contributed by atoms with E-state index in [9.17, 15) is 4.79 Å². The number of piperidine rings is 1. The SMILES string of the molecule is Cc1ccc2cccc(C(=O)NC[C@H]3CCCN(c4nccs4)C3)c2n1. The highest BCUT2D eigenvalue weighted by Gasteiger charge is 2.22. The number of benzene rings is 1. The van der Waals surface area contributed by atoms with Crippen molar-refractivity contribution in [2.45, 2.75) is 19.8 Å². The lowest BCUT2D eigenvalue weighted by atomic mass is 9.98. The Kier molecular flexibility index (Phi) is 4.84. The Morgan fingerprint density at radius 1 is 1.35 bits per heavy atom. The number of rotatable bonds is 4. The minimum Gasteiger partial charge on any atom is -0.352 e. The Hall–Kier alpha value is -2.47. The van der Waals surface area contributed by atoms with Gasteiger partial charge in [-0.25, -0.2) is 4.98 Å². The number of hydrogen-bond donors (Lipinski definition) is 1. The van der Waals surface area contributed by atoms with Crippen molar-refractivity contribution >= 4 is 33.3 Å². The van der Waals surface area contributed by atoms with E-state index < -0.39 is 0 Å². The van der Waals surface area contributed by atoms with E-state index in [4.69, 9.17) is 0 Å². The third kappa shape index (κ3) is 3.55. The Morgan fingerprint density at radius 2 is 2.27 bits per heavy atom. The van der Waals surface area contributed by atoms with Crippen LogP contribution in [-0.2, 0) is 0 Å². The average Bonchev–Trinajstić information content (AvgIpc) is 3.20. The normalized spacial score (nSPS) is 17.4. The number of nitrogens with one attached hydrogen (secondary N) is 1. The topological polar surface area (TPSA) is 58.1 Å². The van der Waals surface area contributed by atoms with Crippen LogP contribution in [0.3, 0.4) is 0 Å². The first-order valence-electron chi connectivity index (χ1n) is 9.00. The summed E-state index contributed by atoms with van der Waals surface area (Å²) in [5.41, 5.74) is 2.35. The standard InChI is InChI=1S/C20H22N4OS/c1-14-7-8-16-5-2-6-17(18(16)23-14)19(25)22-12-15-4-3-10-24(13-15)20-21-9-11-26-20/h2,5-9,11,15H,3-4,10,12-13H2,1H3,(H,22,25)/t15-/m1/s1. The molecule has 1 N–H and O–H groups in total. The van der Waals surface area contributed by atoms with Gasteiger partial charge in [0.2, 0.25) is 0 Å². The van der Waals surface area contributed by atoms with E-state index in [1.54, 1.807) is 11.3 Å². The summed E-state index contributed by atoms with van der Waals surface area (Å²) in [6.07, 6.45) is 4.12. The van der Waals surface area contributed by atoms with Crippen LogP contribution in [-0.4, -0.2) is 35.5 Å². The van der Waals surface area contributed by atoms with Gasteiger partial charge in [-0.1, -0.05) is 18.2 Å². The van der Waals surface area contributed by atoms with Crippen LogP contribution in [0.1, 0.15) is 28.9 Å². The van der Waals surface area contributed by atoms with Crippen LogP contribution in [0.15, 0.2) is 41.9 Å². The molecular formula is C20H22N4OS. The molecule has 1 aromatic carbocycles. The fourth-order valence-electron chi connectivity index (χ4n) is 3.54. The predicted molar refractivity (Wildman–Crippen MR) is 106 cm³/mol. The fourth-order valence-corrected chi connectivity index (χ4v) is 4.22. The molecule has 1 fully saturated rings. The van der Waals surface area contributed by atoms with E-state index in [0.717, 1.165) is 47.7 Å². The molecule has 0 radical (unpaired) electrons. The van der Waals surface area contributed by atoms with Crippen molar-refractivity contribution in [1.82, 2.24) is 15.3 Å². The maximum Gasteiger partial charge on any atom is 0.253 e. The number of carbonyl (C=O) groups excluding carboxylic acids is 1.